The smallest absolute Gasteiger partial charge is 0.255 e. The Balaban J connectivity index is 0.00000243. The maximum absolute atomic E-state index is 12.8. The SMILES string of the molecule is CCOc1ccc2ccccc2c1C(=O)NCCCCN1CCCC1.Cl. The van der Waals surface area contributed by atoms with Crippen LogP contribution in [-0.4, -0.2) is 43.6 Å². The Bertz CT molecular complexity index is 714. The highest BCUT2D eigenvalue weighted by molar-refractivity contribution is 6.09. The van der Waals surface area contributed by atoms with Gasteiger partial charge in [-0.15, -0.1) is 12.4 Å². The third-order valence-electron chi connectivity index (χ3n) is 4.80. The van der Waals surface area contributed by atoms with Gasteiger partial charge in [-0.2, -0.15) is 0 Å². The summed E-state index contributed by atoms with van der Waals surface area (Å²) in [5.41, 5.74) is 0.652. The largest absolute Gasteiger partial charge is 0.493 e. The number of nitrogens with zero attached hydrogens (tertiary/aromatic N) is 1. The van der Waals surface area contributed by atoms with E-state index in [1.54, 1.807) is 0 Å². The molecular formula is C21H29ClN2O2. The Kier molecular flexibility index (Phi) is 8.20. The fraction of sp³-hybridized carbons (Fsp3) is 0.476. The molecule has 0 bridgehead atoms. The van der Waals surface area contributed by atoms with Gasteiger partial charge in [0.2, 0.25) is 0 Å². The van der Waals surface area contributed by atoms with Crippen molar-refractivity contribution >= 4 is 29.1 Å². The van der Waals surface area contributed by atoms with Gasteiger partial charge in [-0.1, -0.05) is 30.3 Å². The highest BCUT2D eigenvalue weighted by Gasteiger charge is 2.16. The minimum absolute atomic E-state index is 0. The molecule has 142 valence electrons. The lowest BCUT2D eigenvalue weighted by Crippen LogP contribution is -2.26. The van der Waals surface area contributed by atoms with E-state index >= 15 is 0 Å². The molecule has 3 rings (SSSR count). The summed E-state index contributed by atoms with van der Waals surface area (Å²) in [5, 5.41) is 5.09. The zero-order valence-electron chi connectivity index (χ0n) is 15.5. The Morgan fingerprint density at radius 1 is 1.12 bits per heavy atom. The fourth-order valence-corrected chi connectivity index (χ4v) is 3.52. The van der Waals surface area contributed by atoms with E-state index in [-0.39, 0.29) is 18.3 Å². The predicted molar refractivity (Wildman–Crippen MR) is 110 cm³/mol. The average Bonchev–Trinajstić information content (AvgIpc) is 3.15. The van der Waals surface area contributed by atoms with E-state index in [2.05, 4.69) is 10.2 Å². The van der Waals surface area contributed by atoms with Gasteiger partial charge in [-0.05, 0) is 69.1 Å². The zero-order valence-corrected chi connectivity index (χ0v) is 16.3. The Labute approximate surface area is 162 Å². The number of rotatable bonds is 8. The highest BCUT2D eigenvalue weighted by Crippen LogP contribution is 2.28. The van der Waals surface area contributed by atoms with Crippen LogP contribution in [0.15, 0.2) is 36.4 Å². The highest BCUT2D eigenvalue weighted by atomic mass is 35.5. The maximum Gasteiger partial charge on any atom is 0.255 e. The summed E-state index contributed by atoms with van der Waals surface area (Å²) < 4.78 is 5.69. The zero-order chi connectivity index (χ0) is 17.5. The molecule has 1 amide bonds. The maximum atomic E-state index is 12.8. The predicted octanol–water partition coefficient (Wildman–Crippen LogP) is 4.27. The van der Waals surface area contributed by atoms with E-state index in [4.69, 9.17) is 4.74 Å². The van der Waals surface area contributed by atoms with Crippen molar-refractivity contribution in [3.05, 3.63) is 42.0 Å². The number of carbonyl (C=O) groups excluding carboxylic acids is 1. The number of carbonyl (C=O) groups is 1. The quantitative estimate of drug-likeness (QED) is 0.699. The molecule has 0 atom stereocenters. The summed E-state index contributed by atoms with van der Waals surface area (Å²) in [6.45, 7) is 6.82. The molecule has 0 saturated carbocycles. The van der Waals surface area contributed by atoms with E-state index in [1.165, 1.54) is 25.9 Å². The summed E-state index contributed by atoms with van der Waals surface area (Å²) in [6, 6.07) is 11.9. The van der Waals surface area contributed by atoms with Gasteiger partial charge in [-0.3, -0.25) is 4.79 Å². The molecule has 0 aromatic heterocycles. The molecule has 26 heavy (non-hydrogen) atoms. The number of hydrogen-bond donors (Lipinski definition) is 1. The first-order valence-corrected chi connectivity index (χ1v) is 9.44. The Hall–Kier alpha value is -1.78. The van der Waals surface area contributed by atoms with Crippen molar-refractivity contribution in [3.63, 3.8) is 0 Å². The lowest BCUT2D eigenvalue weighted by Gasteiger charge is -2.15. The molecule has 1 heterocycles. The van der Waals surface area contributed by atoms with Crippen molar-refractivity contribution in [1.82, 2.24) is 10.2 Å². The number of hydrogen-bond acceptors (Lipinski definition) is 3. The number of benzene rings is 2. The van der Waals surface area contributed by atoms with Crippen LogP contribution in [0.2, 0.25) is 0 Å². The van der Waals surface area contributed by atoms with Crippen molar-refractivity contribution in [2.45, 2.75) is 32.6 Å². The van der Waals surface area contributed by atoms with Crippen LogP contribution in [0.3, 0.4) is 0 Å². The molecule has 1 saturated heterocycles. The summed E-state index contributed by atoms with van der Waals surface area (Å²) in [7, 11) is 0. The van der Waals surface area contributed by atoms with Gasteiger partial charge in [0, 0.05) is 6.54 Å². The molecule has 0 aliphatic carbocycles. The van der Waals surface area contributed by atoms with Crippen LogP contribution >= 0.6 is 12.4 Å². The number of halogens is 1. The number of likely N-dealkylation sites (tertiary alicyclic amines) is 1. The summed E-state index contributed by atoms with van der Waals surface area (Å²) >= 11 is 0. The first kappa shape index (κ1) is 20.5. The minimum atomic E-state index is -0.0403. The molecule has 1 aliphatic rings. The number of fused-ring (bicyclic) bond motifs is 1. The van der Waals surface area contributed by atoms with Crippen molar-refractivity contribution in [3.8, 4) is 5.75 Å². The molecule has 1 aliphatic heterocycles. The van der Waals surface area contributed by atoms with Crippen LogP contribution in [0, 0.1) is 0 Å². The van der Waals surface area contributed by atoms with Gasteiger partial charge in [-0.25, -0.2) is 0 Å². The van der Waals surface area contributed by atoms with Crippen molar-refractivity contribution in [2.24, 2.45) is 0 Å². The molecule has 1 N–H and O–H groups in total. The van der Waals surface area contributed by atoms with Crippen LogP contribution < -0.4 is 10.1 Å². The third-order valence-corrected chi connectivity index (χ3v) is 4.80. The van der Waals surface area contributed by atoms with E-state index < -0.39 is 0 Å². The molecule has 0 spiro atoms. The van der Waals surface area contributed by atoms with Crippen LogP contribution in [0.25, 0.3) is 10.8 Å². The Morgan fingerprint density at radius 3 is 2.65 bits per heavy atom. The van der Waals surface area contributed by atoms with E-state index in [9.17, 15) is 4.79 Å². The lowest BCUT2D eigenvalue weighted by atomic mass is 10.0. The van der Waals surface area contributed by atoms with Crippen LogP contribution in [0.5, 0.6) is 5.75 Å². The lowest BCUT2D eigenvalue weighted by molar-refractivity contribution is 0.0950. The molecular weight excluding hydrogens is 348 g/mol. The molecule has 0 unspecified atom stereocenters. The third kappa shape index (κ3) is 5.12. The molecule has 4 nitrogen and oxygen atoms in total. The Morgan fingerprint density at radius 2 is 1.88 bits per heavy atom. The molecule has 1 fully saturated rings. The van der Waals surface area contributed by atoms with Gasteiger partial charge in [0.1, 0.15) is 5.75 Å². The minimum Gasteiger partial charge on any atom is -0.493 e. The van der Waals surface area contributed by atoms with Gasteiger partial charge in [0.25, 0.3) is 5.91 Å². The standard InChI is InChI=1S/C21H28N2O2.ClH/c1-2-25-19-12-11-17-9-3-4-10-18(17)20(19)21(24)22-13-5-6-14-23-15-7-8-16-23;/h3-4,9-12H,2,5-8,13-16H2,1H3,(H,22,24);1H. The number of amides is 1. The normalized spacial score (nSPS) is 14.2. The molecule has 2 aromatic carbocycles. The second-order valence-corrected chi connectivity index (χ2v) is 6.60. The van der Waals surface area contributed by atoms with Gasteiger partial charge < -0.3 is 15.0 Å². The van der Waals surface area contributed by atoms with Crippen LogP contribution in [-0.2, 0) is 0 Å². The van der Waals surface area contributed by atoms with Crippen molar-refractivity contribution < 1.29 is 9.53 Å². The topological polar surface area (TPSA) is 41.6 Å². The van der Waals surface area contributed by atoms with Gasteiger partial charge in [0.05, 0.1) is 12.2 Å². The number of unbranched alkanes of at least 4 members (excludes halogenated alkanes) is 1. The second kappa shape index (κ2) is 10.4. The first-order valence-electron chi connectivity index (χ1n) is 9.44. The van der Waals surface area contributed by atoms with Crippen LogP contribution in [0.1, 0.15) is 43.0 Å². The average molecular weight is 377 g/mol. The molecule has 2 aromatic rings. The van der Waals surface area contributed by atoms with E-state index in [0.29, 0.717) is 24.5 Å². The van der Waals surface area contributed by atoms with Gasteiger partial charge >= 0.3 is 0 Å². The summed E-state index contributed by atoms with van der Waals surface area (Å²) in [4.78, 5) is 15.3. The number of ether oxygens (including phenoxy) is 1. The monoisotopic (exact) mass is 376 g/mol. The second-order valence-electron chi connectivity index (χ2n) is 6.60. The van der Waals surface area contributed by atoms with Gasteiger partial charge in [0.15, 0.2) is 0 Å². The van der Waals surface area contributed by atoms with Crippen molar-refractivity contribution in [2.75, 3.05) is 32.8 Å². The molecule has 0 radical (unpaired) electrons. The van der Waals surface area contributed by atoms with E-state index in [1.807, 2.05) is 43.3 Å². The fourth-order valence-electron chi connectivity index (χ4n) is 3.52. The summed E-state index contributed by atoms with van der Waals surface area (Å²) in [5.74, 6) is 0.622. The number of nitrogens with one attached hydrogen (secondary N) is 1. The molecule has 5 heteroatoms. The first-order chi connectivity index (χ1) is 12.3. The van der Waals surface area contributed by atoms with Crippen LogP contribution in [0.4, 0.5) is 0 Å². The van der Waals surface area contributed by atoms with Crippen molar-refractivity contribution in [1.29, 1.82) is 0 Å². The summed E-state index contributed by atoms with van der Waals surface area (Å²) in [6.07, 6.45) is 4.81. The van der Waals surface area contributed by atoms with E-state index in [0.717, 1.165) is 30.2 Å².